The molecule has 0 unspecified atom stereocenters. The second kappa shape index (κ2) is 12.9. The van der Waals surface area contributed by atoms with Crippen LogP contribution in [-0.4, -0.2) is 0 Å². The summed E-state index contributed by atoms with van der Waals surface area (Å²) in [6.45, 7) is 8.88. The van der Waals surface area contributed by atoms with Crippen molar-refractivity contribution in [2.75, 3.05) is 9.80 Å². The van der Waals surface area contributed by atoms with Gasteiger partial charge in [0.25, 0.3) is 0 Å². The Hall–Kier alpha value is -5.86. The fraction of sp³-hybridized carbons (Fsp3) is 0.192. The lowest BCUT2D eigenvalue weighted by molar-refractivity contribution is 0.911. The number of hydrogen-bond acceptors (Lipinski definition) is 2. The van der Waals surface area contributed by atoms with Gasteiger partial charge in [0.15, 0.2) is 0 Å². The summed E-state index contributed by atoms with van der Waals surface area (Å²) in [5.41, 5.74) is 18.4. The highest BCUT2D eigenvalue weighted by Crippen LogP contribution is 2.48. The molecule has 0 saturated heterocycles. The Balaban J connectivity index is 1.27. The largest absolute Gasteiger partial charge is 0.310 e. The summed E-state index contributed by atoms with van der Waals surface area (Å²) in [5.74, 6) is 0. The monoisotopic (exact) mass is 698 g/mol. The Kier molecular flexibility index (Phi) is 7.84. The molecule has 0 N–H and O–H groups in total. The van der Waals surface area contributed by atoms with Crippen LogP contribution in [0.3, 0.4) is 0 Å². The maximum absolute atomic E-state index is 2.52. The Morgan fingerprint density at radius 2 is 0.685 bits per heavy atom. The van der Waals surface area contributed by atoms with Crippen molar-refractivity contribution in [3.63, 3.8) is 0 Å². The fourth-order valence-electron chi connectivity index (χ4n) is 9.26. The van der Waals surface area contributed by atoms with Gasteiger partial charge in [-0.25, -0.2) is 0 Å². The van der Waals surface area contributed by atoms with E-state index in [1.807, 2.05) is 0 Å². The van der Waals surface area contributed by atoms with Gasteiger partial charge in [-0.15, -0.1) is 0 Å². The van der Waals surface area contributed by atoms with Crippen molar-refractivity contribution < 1.29 is 0 Å². The molecule has 0 amide bonds. The molecule has 0 spiro atoms. The molecule has 2 aliphatic carbocycles. The zero-order valence-electron chi connectivity index (χ0n) is 31.8. The number of anilines is 6. The van der Waals surface area contributed by atoms with E-state index in [-0.39, 0.29) is 0 Å². The van der Waals surface area contributed by atoms with Gasteiger partial charge in [-0.1, -0.05) is 72.8 Å². The lowest BCUT2D eigenvalue weighted by atomic mass is 9.93. The van der Waals surface area contributed by atoms with E-state index >= 15 is 0 Å². The second-order valence-corrected chi connectivity index (χ2v) is 15.8. The Bertz CT molecular complexity index is 2600. The summed E-state index contributed by atoms with van der Waals surface area (Å²) < 4.78 is 0. The van der Waals surface area contributed by atoms with Gasteiger partial charge in [0.2, 0.25) is 0 Å². The van der Waals surface area contributed by atoms with Crippen LogP contribution >= 0.6 is 0 Å². The van der Waals surface area contributed by atoms with Crippen LogP contribution in [0.5, 0.6) is 0 Å². The molecule has 0 heterocycles. The molecule has 0 radical (unpaired) electrons. The third-order valence-electron chi connectivity index (χ3n) is 12.5. The van der Waals surface area contributed by atoms with Gasteiger partial charge in [-0.2, -0.15) is 0 Å². The lowest BCUT2D eigenvalue weighted by Crippen LogP contribution is -2.13. The highest BCUT2D eigenvalue weighted by Gasteiger charge is 2.24. The molecule has 0 aromatic heterocycles. The first-order chi connectivity index (χ1) is 26.4. The first kappa shape index (κ1) is 32.8. The summed E-state index contributed by atoms with van der Waals surface area (Å²) in [6.07, 6.45) is 7.13. The van der Waals surface area contributed by atoms with E-state index in [0.717, 1.165) is 12.8 Å². The smallest absolute Gasteiger partial charge is 0.0546 e. The molecule has 8 aromatic carbocycles. The predicted molar refractivity (Wildman–Crippen MR) is 231 cm³/mol. The molecule has 264 valence electrons. The molecule has 54 heavy (non-hydrogen) atoms. The molecule has 0 aliphatic heterocycles. The molecule has 10 rings (SSSR count). The first-order valence-electron chi connectivity index (χ1n) is 19.8. The van der Waals surface area contributed by atoms with Crippen molar-refractivity contribution in [1.82, 2.24) is 0 Å². The van der Waals surface area contributed by atoms with E-state index in [1.54, 1.807) is 0 Å². The maximum Gasteiger partial charge on any atom is 0.0546 e. The molecule has 2 heteroatoms. The summed E-state index contributed by atoms with van der Waals surface area (Å²) in [6, 6.07) is 51.3. The number of hydrogen-bond donors (Lipinski definition) is 0. The van der Waals surface area contributed by atoms with Crippen molar-refractivity contribution in [2.24, 2.45) is 0 Å². The van der Waals surface area contributed by atoms with Crippen LogP contribution in [0.1, 0.15) is 57.3 Å². The second-order valence-electron chi connectivity index (χ2n) is 15.8. The van der Waals surface area contributed by atoms with Crippen molar-refractivity contribution in [1.29, 1.82) is 0 Å². The van der Waals surface area contributed by atoms with Gasteiger partial charge in [0, 0.05) is 33.5 Å². The topological polar surface area (TPSA) is 6.48 Å². The third kappa shape index (κ3) is 5.38. The number of fused-ring (bicyclic) bond motifs is 7. The molecule has 2 nitrogen and oxygen atoms in total. The standard InChI is InChI=1S/C52H46N2/c1-33-19-23-41(27-35(33)3)53(43-25-21-37-11-9-13-39(37)29-43)51-31-49-46-16-6-8-18-48(46)52(32-50(49)45-15-5-7-17-47(45)51)54(42-24-20-34(2)36(4)28-42)44-26-22-38-12-10-14-40(38)30-44/h5-8,15-32H,9-14H2,1-4H3. The van der Waals surface area contributed by atoms with Gasteiger partial charge < -0.3 is 9.80 Å². The Morgan fingerprint density at radius 3 is 1.11 bits per heavy atom. The quantitative estimate of drug-likeness (QED) is 0.160. The van der Waals surface area contributed by atoms with Gasteiger partial charge >= 0.3 is 0 Å². The van der Waals surface area contributed by atoms with E-state index in [1.165, 1.54) is 137 Å². The zero-order chi connectivity index (χ0) is 36.5. The molecule has 0 saturated carbocycles. The van der Waals surface area contributed by atoms with Crippen LogP contribution < -0.4 is 9.80 Å². The number of benzene rings is 8. The van der Waals surface area contributed by atoms with Crippen molar-refractivity contribution in [3.05, 3.63) is 178 Å². The number of nitrogens with zero attached hydrogens (tertiary/aromatic N) is 2. The van der Waals surface area contributed by atoms with Crippen LogP contribution in [0.25, 0.3) is 32.3 Å². The highest BCUT2D eigenvalue weighted by atomic mass is 15.2. The van der Waals surface area contributed by atoms with E-state index in [4.69, 9.17) is 0 Å². The van der Waals surface area contributed by atoms with Crippen LogP contribution in [0.15, 0.2) is 133 Å². The van der Waals surface area contributed by atoms with E-state index < -0.39 is 0 Å². The Morgan fingerprint density at radius 1 is 0.315 bits per heavy atom. The third-order valence-corrected chi connectivity index (χ3v) is 12.5. The molecular weight excluding hydrogens is 653 g/mol. The fourth-order valence-corrected chi connectivity index (χ4v) is 9.26. The minimum absolute atomic E-state index is 1.15. The van der Waals surface area contributed by atoms with Gasteiger partial charge in [-0.05, 0) is 193 Å². The number of aryl methyl sites for hydroxylation is 8. The van der Waals surface area contributed by atoms with Gasteiger partial charge in [-0.3, -0.25) is 0 Å². The van der Waals surface area contributed by atoms with Crippen molar-refractivity contribution >= 4 is 66.4 Å². The minimum atomic E-state index is 1.15. The van der Waals surface area contributed by atoms with Crippen LogP contribution in [-0.2, 0) is 25.7 Å². The average molecular weight is 699 g/mol. The number of rotatable bonds is 6. The SMILES string of the molecule is Cc1ccc(N(c2ccc3c(c2)CCC3)c2cc3c4ccccc4c(N(c4ccc(C)c(C)c4)c4ccc5c(c4)CCC5)cc3c3ccccc23)cc1C. The van der Waals surface area contributed by atoms with E-state index in [2.05, 4.69) is 171 Å². The summed E-state index contributed by atoms with van der Waals surface area (Å²) in [5, 5.41) is 7.57. The molecule has 2 aliphatic rings. The summed E-state index contributed by atoms with van der Waals surface area (Å²) >= 11 is 0. The van der Waals surface area contributed by atoms with Gasteiger partial charge in [0.05, 0.1) is 11.4 Å². The van der Waals surface area contributed by atoms with E-state index in [9.17, 15) is 0 Å². The first-order valence-corrected chi connectivity index (χ1v) is 19.8. The molecule has 0 bridgehead atoms. The lowest BCUT2D eigenvalue weighted by Gasteiger charge is -2.30. The molecule has 0 atom stereocenters. The highest BCUT2D eigenvalue weighted by molar-refractivity contribution is 6.24. The average Bonchev–Trinajstić information content (AvgIpc) is 3.87. The van der Waals surface area contributed by atoms with Gasteiger partial charge in [0.1, 0.15) is 0 Å². The Labute approximate surface area is 319 Å². The maximum atomic E-state index is 2.52. The van der Waals surface area contributed by atoms with Crippen molar-refractivity contribution in [3.8, 4) is 0 Å². The zero-order valence-corrected chi connectivity index (χ0v) is 31.8. The van der Waals surface area contributed by atoms with E-state index in [0.29, 0.717) is 0 Å². The van der Waals surface area contributed by atoms with Crippen molar-refractivity contribution in [2.45, 2.75) is 66.2 Å². The predicted octanol–water partition coefficient (Wildman–Crippen LogP) is 14.3. The summed E-state index contributed by atoms with van der Waals surface area (Å²) in [7, 11) is 0. The minimum Gasteiger partial charge on any atom is -0.310 e. The molecular formula is C52H46N2. The van der Waals surface area contributed by atoms with Crippen LogP contribution in [0, 0.1) is 27.7 Å². The molecule has 8 aromatic rings. The summed E-state index contributed by atoms with van der Waals surface area (Å²) in [4.78, 5) is 5.03. The molecule has 0 fully saturated rings. The van der Waals surface area contributed by atoms with Crippen LogP contribution in [0.4, 0.5) is 34.1 Å². The normalized spacial score (nSPS) is 13.5. The van der Waals surface area contributed by atoms with Crippen LogP contribution in [0.2, 0.25) is 0 Å².